The van der Waals surface area contributed by atoms with Crippen LogP contribution in [0.2, 0.25) is 0 Å². The minimum atomic E-state index is -1.14. The van der Waals surface area contributed by atoms with E-state index in [0.717, 1.165) is 50.8 Å². The third-order valence-electron chi connectivity index (χ3n) is 14.3. The first kappa shape index (κ1) is 54.2. The maximum Gasteiger partial charge on any atom is 0.326 e. The van der Waals surface area contributed by atoms with Crippen molar-refractivity contribution in [3.05, 3.63) is 48.0 Å². The summed E-state index contributed by atoms with van der Waals surface area (Å²) in [7, 11) is 4.78. The number of carboxylic acids is 1. The highest BCUT2D eigenvalue weighted by Crippen LogP contribution is 2.32. The van der Waals surface area contributed by atoms with Crippen molar-refractivity contribution < 1.29 is 48.1 Å². The fourth-order valence-electron chi connectivity index (χ4n) is 10.0. The molecule has 5 amide bonds. The van der Waals surface area contributed by atoms with E-state index in [1.807, 2.05) is 65.0 Å². The number of rotatable bonds is 26. The van der Waals surface area contributed by atoms with Crippen LogP contribution in [-0.2, 0) is 49.4 Å². The molecule has 4 rings (SSSR count). The van der Waals surface area contributed by atoms with Gasteiger partial charge in [0.1, 0.15) is 18.8 Å². The summed E-state index contributed by atoms with van der Waals surface area (Å²) in [6.07, 6.45) is 9.31. The Balaban J connectivity index is 1.39. The lowest BCUT2D eigenvalue weighted by Crippen LogP contribution is -2.61. The number of likely N-dealkylation sites (tertiary alicyclic amines) is 2. The van der Waals surface area contributed by atoms with Crippen LogP contribution >= 0.6 is 0 Å². The van der Waals surface area contributed by atoms with Crippen molar-refractivity contribution >= 4 is 35.5 Å². The molecule has 16 heteroatoms. The van der Waals surface area contributed by atoms with E-state index in [1.54, 1.807) is 47.9 Å². The van der Waals surface area contributed by atoms with E-state index >= 15 is 0 Å². The molecule has 0 unspecified atom stereocenters. The first-order valence-corrected chi connectivity index (χ1v) is 24.3. The van der Waals surface area contributed by atoms with Gasteiger partial charge in [0.25, 0.3) is 0 Å². The number of ether oxygens (including phenoxy) is 3. The monoisotopic (exact) mass is 925 g/mol. The van der Waals surface area contributed by atoms with E-state index in [2.05, 4.69) is 15.5 Å². The molecule has 16 nitrogen and oxygen atoms in total. The van der Waals surface area contributed by atoms with Crippen molar-refractivity contribution in [2.45, 2.75) is 154 Å². The largest absolute Gasteiger partial charge is 0.480 e. The molecule has 1 aromatic carbocycles. The summed E-state index contributed by atoms with van der Waals surface area (Å²) < 4.78 is 17.5. The van der Waals surface area contributed by atoms with Gasteiger partial charge in [-0.1, -0.05) is 90.3 Å². The molecule has 66 heavy (non-hydrogen) atoms. The Kier molecular flexibility index (Phi) is 21.6. The predicted molar refractivity (Wildman–Crippen MR) is 252 cm³/mol. The number of carboxylic acid groups (broad SMARTS) is 1. The van der Waals surface area contributed by atoms with Gasteiger partial charge in [0.2, 0.25) is 29.5 Å². The molecule has 9 atom stereocenters. The minimum absolute atomic E-state index is 0.0196. The van der Waals surface area contributed by atoms with Crippen molar-refractivity contribution in [3.63, 3.8) is 0 Å². The molecule has 0 spiro atoms. The number of hydrogen-bond acceptors (Lipinski definition) is 10. The number of hydrogen-bond donors (Lipinski definition) is 3. The molecule has 370 valence electrons. The van der Waals surface area contributed by atoms with Gasteiger partial charge in [0.05, 0.1) is 48.8 Å². The Morgan fingerprint density at radius 2 is 1.65 bits per heavy atom. The number of carbonyl (C=O) groups excluding carboxylic acids is 5. The second-order valence-electron chi connectivity index (χ2n) is 19.2. The zero-order chi connectivity index (χ0) is 48.6. The van der Waals surface area contributed by atoms with Crippen LogP contribution < -0.4 is 10.6 Å². The van der Waals surface area contributed by atoms with E-state index in [4.69, 9.17) is 14.2 Å². The van der Waals surface area contributed by atoms with Crippen LogP contribution in [0.15, 0.2) is 42.5 Å². The maximum atomic E-state index is 14.6. The van der Waals surface area contributed by atoms with Gasteiger partial charge in [-0.05, 0) is 75.9 Å². The number of aliphatic carboxylic acids is 1. The minimum Gasteiger partial charge on any atom is -0.480 e. The van der Waals surface area contributed by atoms with Crippen LogP contribution in [0.5, 0.6) is 0 Å². The lowest BCUT2D eigenvalue weighted by molar-refractivity contribution is -0.148. The van der Waals surface area contributed by atoms with E-state index in [9.17, 15) is 33.9 Å². The standard InChI is InChI=1S/C50H80N6O10/c1-10-35(4)44(40(64-8)32-42(58)56-29-18-23-39(56)45(65-9)36(5)46(59)51-38(48(61)62)31-37-21-14-13-15-22-37)53(7)47(60)43(34(2)3)52-49(63)50(6)25-20-28-55(50)27-17-12-11-16-26-54-33-66-30-19-24-41(54)57/h13-15,19,21-22,24,34-36,38-40,43-45H,10-12,16-18,20,23,25-33H2,1-9H3,(H,51,59)(H,52,63)(H,61,62)/t35-,36+,38-,39-,40+,43-,44-,45+,50-/m0/s1. The molecule has 2 fully saturated rings. The molecule has 0 aromatic heterocycles. The van der Waals surface area contributed by atoms with Crippen LogP contribution in [0.1, 0.15) is 111 Å². The van der Waals surface area contributed by atoms with E-state index in [0.29, 0.717) is 52.1 Å². The highest BCUT2D eigenvalue weighted by molar-refractivity contribution is 5.92. The molecule has 0 bridgehead atoms. The SMILES string of the molecule is CC[C@H](C)[C@@H]([C@@H](CC(=O)N1CCC[C@H]1[C@H](OC)[C@@H](C)C(=O)N[C@@H](Cc1ccccc1)C(=O)O)OC)N(C)C(=O)[C@@H](NC(=O)[C@]1(C)CCCN1CCCCCCN1COCC=CC1=O)C(C)C. The Morgan fingerprint density at radius 3 is 2.29 bits per heavy atom. The number of unbranched alkanes of at least 4 members (excludes halogenated alkanes) is 3. The number of carbonyl (C=O) groups is 6. The lowest BCUT2D eigenvalue weighted by Gasteiger charge is -2.41. The topological polar surface area (TPSA) is 187 Å². The maximum absolute atomic E-state index is 14.6. The Hall–Kier alpha value is -4.38. The lowest BCUT2D eigenvalue weighted by atomic mass is 9.89. The fourth-order valence-corrected chi connectivity index (χ4v) is 10.0. The fraction of sp³-hybridized carbons (Fsp3) is 0.720. The third-order valence-corrected chi connectivity index (χ3v) is 14.3. The zero-order valence-corrected chi connectivity index (χ0v) is 41.2. The van der Waals surface area contributed by atoms with Gasteiger partial charge in [-0.2, -0.15) is 0 Å². The number of nitrogens with one attached hydrogen (secondary N) is 2. The van der Waals surface area contributed by atoms with Crippen molar-refractivity contribution in [2.75, 3.05) is 60.8 Å². The second kappa shape index (κ2) is 26.2. The van der Waals surface area contributed by atoms with Crippen molar-refractivity contribution in [2.24, 2.45) is 17.8 Å². The highest BCUT2D eigenvalue weighted by Gasteiger charge is 2.46. The summed E-state index contributed by atoms with van der Waals surface area (Å²) in [5.74, 6) is -3.31. The van der Waals surface area contributed by atoms with Crippen molar-refractivity contribution in [3.8, 4) is 0 Å². The first-order chi connectivity index (χ1) is 31.5. The van der Waals surface area contributed by atoms with Crippen LogP contribution in [0.25, 0.3) is 0 Å². The molecular weight excluding hydrogens is 845 g/mol. The quantitative estimate of drug-likeness (QED) is 0.110. The number of nitrogens with zero attached hydrogens (tertiary/aromatic N) is 4. The summed E-state index contributed by atoms with van der Waals surface area (Å²) >= 11 is 0. The third kappa shape index (κ3) is 14.3. The smallest absolute Gasteiger partial charge is 0.326 e. The molecular formula is C50H80N6O10. The molecule has 1 aromatic rings. The number of amides is 5. The summed E-state index contributed by atoms with van der Waals surface area (Å²) in [5, 5.41) is 15.8. The van der Waals surface area contributed by atoms with Gasteiger partial charge >= 0.3 is 5.97 Å². The molecule has 3 aliphatic rings. The van der Waals surface area contributed by atoms with Gasteiger partial charge < -0.3 is 44.7 Å². The summed E-state index contributed by atoms with van der Waals surface area (Å²) in [6.45, 7) is 15.0. The van der Waals surface area contributed by atoms with Crippen LogP contribution in [0.4, 0.5) is 0 Å². The molecule has 0 aliphatic carbocycles. The van der Waals surface area contributed by atoms with E-state index in [-0.39, 0.29) is 48.3 Å². The van der Waals surface area contributed by atoms with Crippen LogP contribution in [-0.4, -0.2) is 163 Å². The van der Waals surface area contributed by atoms with E-state index < -0.39 is 59.7 Å². The number of benzene rings is 1. The molecule has 2 saturated heterocycles. The van der Waals surface area contributed by atoms with Gasteiger partial charge in [-0.3, -0.25) is 28.9 Å². The molecule has 3 aliphatic heterocycles. The van der Waals surface area contributed by atoms with Crippen molar-refractivity contribution in [1.29, 1.82) is 0 Å². The summed E-state index contributed by atoms with van der Waals surface area (Å²) in [4.78, 5) is 88.6. The first-order valence-electron chi connectivity index (χ1n) is 24.3. The Morgan fingerprint density at radius 1 is 0.955 bits per heavy atom. The average molecular weight is 925 g/mol. The van der Waals surface area contributed by atoms with Gasteiger partial charge in [-0.15, -0.1) is 0 Å². The number of likely N-dealkylation sites (N-methyl/N-ethyl adjacent to an activating group) is 1. The normalized spacial score (nSPS) is 22.3. The zero-order valence-electron chi connectivity index (χ0n) is 41.2. The predicted octanol–water partition coefficient (Wildman–Crippen LogP) is 4.65. The highest BCUT2D eigenvalue weighted by atomic mass is 16.5. The average Bonchev–Trinajstić information content (AvgIpc) is 3.88. The molecule has 0 saturated carbocycles. The van der Waals surface area contributed by atoms with Gasteiger partial charge in [-0.25, -0.2) is 4.79 Å². The van der Waals surface area contributed by atoms with Crippen LogP contribution in [0.3, 0.4) is 0 Å². The molecule has 3 N–H and O–H groups in total. The Labute approximate surface area is 393 Å². The summed E-state index contributed by atoms with van der Waals surface area (Å²) in [6, 6.07) is 6.21. The second-order valence-corrected chi connectivity index (χ2v) is 19.2. The van der Waals surface area contributed by atoms with Gasteiger partial charge in [0.15, 0.2) is 0 Å². The van der Waals surface area contributed by atoms with Crippen LogP contribution in [0, 0.1) is 17.8 Å². The number of methoxy groups -OCH3 is 2. The summed E-state index contributed by atoms with van der Waals surface area (Å²) in [5.41, 5.74) is 0.0130. The van der Waals surface area contributed by atoms with Crippen molar-refractivity contribution in [1.82, 2.24) is 30.2 Å². The van der Waals surface area contributed by atoms with E-state index in [1.165, 1.54) is 7.11 Å². The molecule has 0 radical (unpaired) electrons. The van der Waals surface area contributed by atoms with Gasteiger partial charge in [0, 0.05) is 46.9 Å². The Bertz CT molecular complexity index is 1780. The molecule has 3 heterocycles.